The normalized spacial score (nSPS) is 35.9. The highest BCUT2D eigenvalue weighted by molar-refractivity contribution is 5.20. The minimum Gasteiger partial charge on any atom is -0.389 e. The summed E-state index contributed by atoms with van der Waals surface area (Å²) in [6, 6.07) is 7.74. The van der Waals surface area contributed by atoms with E-state index in [4.69, 9.17) is 0 Å². The molecule has 3 rings (SSSR count). The molecule has 2 heterocycles. The molecule has 2 aliphatic rings. The number of fused-ring (bicyclic) bond motifs is 2. The molecule has 2 unspecified atom stereocenters. The molecule has 3 heteroatoms. The van der Waals surface area contributed by atoms with Crippen LogP contribution in [0.15, 0.2) is 24.3 Å². The van der Waals surface area contributed by atoms with Crippen molar-refractivity contribution >= 4 is 0 Å². The smallest absolute Gasteiger partial charge is 0.126 e. The summed E-state index contributed by atoms with van der Waals surface area (Å²) in [6.07, 6.45) is 4.32. The topological polar surface area (TPSA) is 23.5 Å². The third kappa shape index (κ3) is 2.06. The fourth-order valence-corrected chi connectivity index (χ4v) is 3.68. The molecule has 1 N–H and O–H groups in total. The molecule has 18 heavy (non-hydrogen) atoms. The number of hydrogen-bond acceptors (Lipinski definition) is 2. The van der Waals surface area contributed by atoms with Crippen LogP contribution < -0.4 is 0 Å². The Labute approximate surface area is 107 Å². The molecule has 2 nitrogen and oxygen atoms in total. The van der Waals surface area contributed by atoms with Gasteiger partial charge in [-0.25, -0.2) is 4.39 Å². The Kier molecular flexibility index (Phi) is 2.91. The number of hydrogen-bond donors (Lipinski definition) is 1. The van der Waals surface area contributed by atoms with Crippen LogP contribution in [0.1, 0.15) is 31.2 Å². The summed E-state index contributed by atoms with van der Waals surface area (Å²) in [6.45, 7) is 0. The van der Waals surface area contributed by atoms with Crippen molar-refractivity contribution in [3.63, 3.8) is 0 Å². The van der Waals surface area contributed by atoms with Crippen LogP contribution in [-0.2, 0) is 6.42 Å². The SMILES string of the molecule is CN1C2CCC1CC(O)(Cc1ccccc1F)C2. The third-order valence-corrected chi connectivity index (χ3v) is 4.69. The summed E-state index contributed by atoms with van der Waals surface area (Å²) in [5.74, 6) is -0.197. The second-order valence-electron chi connectivity index (χ2n) is 5.95. The van der Waals surface area contributed by atoms with Crippen LogP contribution in [0.2, 0.25) is 0 Å². The summed E-state index contributed by atoms with van der Waals surface area (Å²) in [5.41, 5.74) is -0.0791. The molecule has 1 aromatic rings. The summed E-state index contributed by atoms with van der Waals surface area (Å²) < 4.78 is 13.7. The molecule has 98 valence electrons. The highest BCUT2D eigenvalue weighted by Crippen LogP contribution is 2.41. The van der Waals surface area contributed by atoms with Gasteiger partial charge in [-0.05, 0) is 44.4 Å². The second kappa shape index (κ2) is 4.32. The van der Waals surface area contributed by atoms with Crippen LogP contribution in [0.3, 0.4) is 0 Å². The van der Waals surface area contributed by atoms with E-state index in [1.165, 1.54) is 18.9 Å². The molecule has 0 saturated carbocycles. The van der Waals surface area contributed by atoms with E-state index in [0.717, 1.165) is 12.8 Å². The Morgan fingerprint density at radius 1 is 1.28 bits per heavy atom. The lowest BCUT2D eigenvalue weighted by Crippen LogP contribution is -2.50. The van der Waals surface area contributed by atoms with E-state index in [9.17, 15) is 9.50 Å². The minimum absolute atomic E-state index is 0.197. The first-order chi connectivity index (χ1) is 8.57. The predicted molar refractivity (Wildman–Crippen MR) is 68.9 cm³/mol. The van der Waals surface area contributed by atoms with Gasteiger partial charge in [0, 0.05) is 18.5 Å². The van der Waals surface area contributed by atoms with Gasteiger partial charge in [-0.2, -0.15) is 0 Å². The number of piperidine rings is 1. The minimum atomic E-state index is -0.722. The van der Waals surface area contributed by atoms with Crippen LogP contribution in [0.4, 0.5) is 4.39 Å². The average molecular weight is 249 g/mol. The lowest BCUT2D eigenvalue weighted by atomic mass is 9.81. The maximum Gasteiger partial charge on any atom is 0.126 e. The van der Waals surface area contributed by atoms with Crippen molar-refractivity contribution in [2.45, 2.75) is 49.8 Å². The number of rotatable bonds is 2. The molecule has 0 amide bonds. The molecule has 2 bridgehead atoms. The van der Waals surface area contributed by atoms with Gasteiger partial charge in [-0.1, -0.05) is 18.2 Å². The highest BCUT2D eigenvalue weighted by atomic mass is 19.1. The summed E-state index contributed by atoms with van der Waals surface area (Å²) >= 11 is 0. The Balaban J connectivity index is 1.79. The Morgan fingerprint density at radius 2 is 1.89 bits per heavy atom. The lowest BCUT2D eigenvalue weighted by Gasteiger charge is -2.42. The van der Waals surface area contributed by atoms with Crippen molar-refractivity contribution in [2.24, 2.45) is 0 Å². The largest absolute Gasteiger partial charge is 0.389 e. The Morgan fingerprint density at radius 3 is 2.50 bits per heavy atom. The Hall–Kier alpha value is -0.930. The van der Waals surface area contributed by atoms with Crippen molar-refractivity contribution in [3.8, 4) is 0 Å². The summed E-state index contributed by atoms with van der Waals surface area (Å²) in [4.78, 5) is 2.38. The fourth-order valence-electron chi connectivity index (χ4n) is 3.68. The van der Waals surface area contributed by atoms with E-state index in [1.54, 1.807) is 12.1 Å². The van der Waals surface area contributed by atoms with Crippen molar-refractivity contribution in [2.75, 3.05) is 7.05 Å². The molecule has 0 aliphatic carbocycles. The van der Waals surface area contributed by atoms with Gasteiger partial charge < -0.3 is 10.0 Å². The van der Waals surface area contributed by atoms with Gasteiger partial charge in [0.25, 0.3) is 0 Å². The van der Waals surface area contributed by atoms with Gasteiger partial charge in [0.05, 0.1) is 5.60 Å². The monoisotopic (exact) mass is 249 g/mol. The van der Waals surface area contributed by atoms with Gasteiger partial charge in [-0.3, -0.25) is 0 Å². The van der Waals surface area contributed by atoms with E-state index < -0.39 is 5.60 Å². The zero-order chi connectivity index (χ0) is 12.8. The number of benzene rings is 1. The maximum atomic E-state index is 13.7. The molecule has 0 radical (unpaired) electrons. The third-order valence-electron chi connectivity index (χ3n) is 4.69. The number of halogens is 1. The average Bonchev–Trinajstić information content (AvgIpc) is 2.57. The standard InChI is InChI=1S/C15H20FNO/c1-17-12-6-7-13(17)10-15(18,9-12)8-11-4-2-3-5-14(11)16/h2-5,12-13,18H,6-10H2,1H3. The first-order valence-electron chi connectivity index (χ1n) is 6.75. The van der Waals surface area contributed by atoms with Crippen molar-refractivity contribution in [1.29, 1.82) is 0 Å². The van der Waals surface area contributed by atoms with E-state index >= 15 is 0 Å². The van der Waals surface area contributed by atoms with E-state index in [-0.39, 0.29) is 5.82 Å². The van der Waals surface area contributed by atoms with Crippen LogP contribution in [-0.4, -0.2) is 34.7 Å². The fraction of sp³-hybridized carbons (Fsp3) is 0.600. The van der Waals surface area contributed by atoms with Crippen molar-refractivity contribution in [1.82, 2.24) is 4.90 Å². The highest BCUT2D eigenvalue weighted by Gasteiger charge is 2.45. The molecule has 2 saturated heterocycles. The van der Waals surface area contributed by atoms with Crippen LogP contribution in [0, 0.1) is 5.82 Å². The van der Waals surface area contributed by atoms with Gasteiger partial charge in [0.15, 0.2) is 0 Å². The Bertz CT molecular complexity index is 434. The summed E-state index contributed by atoms with van der Waals surface area (Å²) in [5, 5.41) is 10.8. The first kappa shape index (κ1) is 12.1. The van der Waals surface area contributed by atoms with Crippen LogP contribution in [0.25, 0.3) is 0 Å². The zero-order valence-electron chi connectivity index (χ0n) is 10.8. The summed E-state index contributed by atoms with van der Waals surface area (Å²) in [7, 11) is 2.14. The molecular weight excluding hydrogens is 229 g/mol. The second-order valence-corrected chi connectivity index (χ2v) is 5.95. The maximum absolute atomic E-state index is 13.7. The molecule has 0 spiro atoms. The van der Waals surface area contributed by atoms with Crippen molar-refractivity contribution in [3.05, 3.63) is 35.6 Å². The van der Waals surface area contributed by atoms with Gasteiger partial charge >= 0.3 is 0 Å². The van der Waals surface area contributed by atoms with E-state index in [0.29, 0.717) is 24.1 Å². The van der Waals surface area contributed by atoms with Crippen LogP contribution >= 0.6 is 0 Å². The van der Waals surface area contributed by atoms with Crippen LogP contribution in [0.5, 0.6) is 0 Å². The molecule has 2 aliphatic heterocycles. The number of nitrogens with zero attached hydrogens (tertiary/aromatic N) is 1. The number of aliphatic hydroxyl groups is 1. The van der Waals surface area contributed by atoms with Crippen molar-refractivity contribution < 1.29 is 9.50 Å². The van der Waals surface area contributed by atoms with E-state index in [2.05, 4.69) is 11.9 Å². The molecule has 2 fully saturated rings. The predicted octanol–water partition coefficient (Wildman–Crippen LogP) is 2.36. The molecule has 2 atom stereocenters. The quantitative estimate of drug-likeness (QED) is 0.869. The van der Waals surface area contributed by atoms with Gasteiger partial charge in [0.1, 0.15) is 5.82 Å². The van der Waals surface area contributed by atoms with E-state index in [1.807, 2.05) is 6.07 Å². The lowest BCUT2D eigenvalue weighted by molar-refractivity contribution is -0.0442. The molecular formula is C15H20FNO. The zero-order valence-corrected chi connectivity index (χ0v) is 10.8. The van der Waals surface area contributed by atoms with Gasteiger partial charge in [0.2, 0.25) is 0 Å². The first-order valence-corrected chi connectivity index (χ1v) is 6.75. The molecule has 0 aromatic heterocycles. The van der Waals surface area contributed by atoms with Gasteiger partial charge in [-0.15, -0.1) is 0 Å². The molecule has 1 aromatic carbocycles.